The summed E-state index contributed by atoms with van der Waals surface area (Å²) in [4.78, 5) is 24.6. The van der Waals surface area contributed by atoms with E-state index in [-0.39, 0.29) is 24.7 Å². The van der Waals surface area contributed by atoms with E-state index in [1.165, 1.54) is 0 Å². The van der Waals surface area contributed by atoms with Crippen LogP contribution in [0.15, 0.2) is 84.9 Å². The number of carbonyl (C=O) groups is 2. The monoisotopic (exact) mass is 609 g/mol. The van der Waals surface area contributed by atoms with Crippen molar-refractivity contribution in [1.82, 2.24) is 4.90 Å². The average Bonchev–Trinajstić information content (AvgIpc) is 2.97. The van der Waals surface area contributed by atoms with Gasteiger partial charge in [0.1, 0.15) is 24.7 Å². The molecular weight excluding hydrogens is 577 g/mol. The van der Waals surface area contributed by atoms with Gasteiger partial charge < -0.3 is 24.6 Å². The van der Waals surface area contributed by atoms with Gasteiger partial charge in [-0.25, -0.2) is 4.79 Å². The number of aryl methyl sites for hydroxylation is 1. The molecule has 220 valence electrons. The highest BCUT2D eigenvalue weighted by atomic mass is 35.5. The minimum absolute atomic E-state index is 0.00542. The Hall–Kier alpha value is -4.04. The highest BCUT2D eigenvalue weighted by molar-refractivity contribution is 6.32. The van der Waals surface area contributed by atoms with Gasteiger partial charge in [-0.15, -0.1) is 0 Å². The first-order chi connectivity index (χ1) is 20.0. The van der Waals surface area contributed by atoms with Gasteiger partial charge in [-0.1, -0.05) is 77.8 Å². The summed E-state index contributed by atoms with van der Waals surface area (Å²) in [6.07, 6.45) is -1.69. The number of benzene rings is 4. The molecule has 0 saturated carbocycles. The number of carboxylic acids is 1. The van der Waals surface area contributed by atoms with E-state index < -0.39 is 12.1 Å². The van der Waals surface area contributed by atoms with Crippen LogP contribution >= 0.6 is 23.2 Å². The van der Waals surface area contributed by atoms with Crippen molar-refractivity contribution in [3.05, 3.63) is 128 Å². The van der Waals surface area contributed by atoms with Gasteiger partial charge in [-0.3, -0.25) is 4.79 Å². The Kier molecular flexibility index (Phi) is 11.8. The summed E-state index contributed by atoms with van der Waals surface area (Å²) in [5.74, 6) is -0.336. The second kappa shape index (κ2) is 15.3. The lowest BCUT2D eigenvalue weighted by atomic mass is 9.97. The number of carboxylic acid groups (broad SMARTS) is 1. The summed E-state index contributed by atoms with van der Waals surface area (Å²) < 4.78 is 11.6. The highest BCUT2D eigenvalue weighted by Gasteiger charge is 2.22. The smallest absolute Gasteiger partial charge is 0.337 e. The second-order valence-corrected chi connectivity index (χ2v) is 10.4. The molecule has 4 aromatic rings. The average molecular weight is 611 g/mol. The number of amides is 1. The van der Waals surface area contributed by atoms with Crippen LogP contribution in [-0.2, 0) is 18.0 Å². The third-order valence-electron chi connectivity index (χ3n) is 6.51. The molecule has 0 aliphatic heterocycles. The number of hydrogen-bond acceptors (Lipinski definition) is 5. The molecule has 7 nitrogen and oxygen atoms in total. The fourth-order valence-corrected chi connectivity index (χ4v) is 4.39. The molecule has 0 spiro atoms. The van der Waals surface area contributed by atoms with Crippen molar-refractivity contribution in [2.75, 3.05) is 14.1 Å². The second-order valence-electron chi connectivity index (χ2n) is 9.61. The molecule has 4 rings (SSSR count). The van der Waals surface area contributed by atoms with Crippen LogP contribution in [0.4, 0.5) is 0 Å². The van der Waals surface area contributed by atoms with Crippen LogP contribution in [0.2, 0.25) is 10.0 Å². The van der Waals surface area contributed by atoms with Gasteiger partial charge in [0.2, 0.25) is 0 Å². The van der Waals surface area contributed by atoms with Gasteiger partial charge >= 0.3 is 5.97 Å². The molecule has 2 N–H and O–H groups in total. The number of ether oxygens (including phenoxy) is 2. The Morgan fingerprint density at radius 1 is 0.786 bits per heavy atom. The Morgan fingerprint density at radius 3 is 1.88 bits per heavy atom. The zero-order valence-corrected chi connectivity index (χ0v) is 25.3. The minimum atomic E-state index is -1.69. The van der Waals surface area contributed by atoms with Crippen molar-refractivity contribution < 1.29 is 29.3 Å². The van der Waals surface area contributed by atoms with Crippen molar-refractivity contribution >= 4 is 35.1 Å². The van der Waals surface area contributed by atoms with Crippen LogP contribution in [0, 0.1) is 13.8 Å². The van der Waals surface area contributed by atoms with Crippen LogP contribution < -0.4 is 9.47 Å². The topological polar surface area (TPSA) is 96.3 Å². The Bertz CT molecular complexity index is 1540. The molecule has 1 unspecified atom stereocenters. The van der Waals surface area contributed by atoms with E-state index in [1.54, 1.807) is 85.7 Å². The van der Waals surface area contributed by atoms with Gasteiger partial charge in [-0.2, -0.15) is 0 Å². The number of carbonyl (C=O) groups excluding carboxylic acids is 1. The molecular formula is C33H33Cl2NO6. The molecule has 4 aromatic carbocycles. The van der Waals surface area contributed by atoms with Crippen molar-refractivity contribution in [2.45, 2.75) is 33.2 Å². The summed E-state index contributed by atoms with van der Waals surface area (Å²) in [5, 5.41) is 20.3. The molecule has 0 saturated heterocycles. The molecule has 0 radical (unpaired) electrons. The largest absolute Gasteiger partial charge is 0.487 e. The molecule has 9 heteroatoms. The first kappa shape index (κ1) is 32.5. The molecule has 0 aliphatic rings. The van der Waals surface area contributed by atoms with Crippen molar-refractivity contribution in [1.29, 1.82) is 0 Å². The molecule has 0 aromatic heterocycles. The van der Waals surface area contributed by atoms with E-state index in [0.29, 0.717) is 32.7 Å². The molecule has 1 amide bonds. The molecule has 0 heterocycles. The maximum Gasteiger partial charge on any atom is 0.337 e. The molecule has 0 bridgehead atoms. The lowest BCUT2D eigenvalue weighted by molar-refractivity contribution is -0.147. The fourth-order valence-electron chi connectivity index (χ4n) is 4.01. The Labute approximate surface area is 255 Å². The number of rotatable bonds is 9. The number of halogens is 2. The Morgan fingerprint density at radius 2 is 1.33 bits per heavy atom. The van der Waals surface area contributed by atoms with Crippen LogP contribution in [0.5, 0.6) is 11.5 Å². The number of nitrogens with zero attached hydrogens (tertiary/aromatic N) is 1. The molecule has 42 heavy (non-hydrogen) atoms. The van der Waals surface area contributed by atoms with Gasteiger partial charge in [0.25, 0.3) is 5.91 Å². The number of aliphatic hydroxyl groups is 1. The molecule has 0 fully saturated rings. The number of hydrogen-bond donors (Lipinski definition) is 2. The van der Waals surface area contributed by atoms with Gasteiger partial charge in [0.15, 0.2) is 6.10 Å². The quantitative estimate of drug-likeness (QED) is 0.207. The minimum Gasteiger partial charge on any atom is -0.487 e. The summed E-state index contributed by atoms with van der Waals surface area (Å²) in [7, 11) is 3.54. The van der Waals surface area contributed by atoms with Gasteiger partial charge in [0.05, 0.1) is 10.0 Å². The van der Waals surface area contributed by atoms with Gasteiger partial charge in [0, 0.05) is 25.2 Å². The summed E-state index contributed by atoms with van der Waals surface area (Å²) in [5.41, 5.74) is 4.42. The first-order valence-electron chi connectivity index (χ1n) is 13.0. The highest BCUT2D eigenvalue weighted by Crippen LogP contribution is 2.29. The van der Waals surface area contributed by atoms with Crippen LogP contribution in [0.1, 0.15) is 44.3 Å². The first-order valence-corrected chi connectivity index (χ1v) is 13.8. The van der Waals surface area contributed by atoms with E-state index in [4.69, 9.17) is 32.7 Å². The third kappa shape index (κ3) is 8.49. The number of para-hydroxylation sites is 2. The predicted octanol–water partition coefficient (Wildman–Crippen LogP) is 7.27. The maximum atomic E-state index is 11.6. The van der Waals surface area contributed by atoms with Gasteiger partial charge in [-0.05, 0) is 66.4 Å². The van der Waals surface area contributed by atoms with Crippen LogP contribution in [-0.4, -0.2) is 41.1 Å². The van der Waals surface area contributed by atoms with Crippen molar-refractivity contribution in [3.63, 3.8) is 0 Å². The number of aliphatic carboxylic acids is 1. The van der Waals surface area contributed by atoms with Crippen molar-refractivity contribution in [2.24, 2.45) is 0 Å². The van der Waals surface area contributed by atoms with Crippen molar-refractivity contribution in [3.8, 4) is 11.5 Å². The summed E-state index contributed by atoms with van der Waals surface area (Å²) >= 11 is 12.3. The maximum absolute atomic E-state index is 11.6. The van der Waals surface area contributed by atoms with E-state index in [0.717, 1.165) is 16.7 Å². The van der Waals surface area contributed by atoms with Crippen LogP contribution in [0.25, 0.3) is 0 Å². The summed E-state index contributed by atoms with van der Waals surface area (Å²) in [6, 6.07) is 24.8. The number of aliphatic hydroxyl groups excluding tert-OH is 1. The third-order valence-corrected chi connectivity index (χ3v) is 7.13. The lowest BCUT2D eigenvalue weighted by Crippen LogP contribution is -2.22. The van der Waals surface area contributed by atoms with E-state index in [1.807, 2.05) is 32.0 Å². The summed E-state index contributed by atoms with van der Waals surface area (Å²) in [6.45, 7) is 4.12. The zero-order chi connectivity index (χ0) is 30.8. The zero-order valence-electron chi connectivity index (χ0n) is 23.8. The Balaban J connectivity index is 0.000000312. The van der Waals surface area contributed by atoms with Crippen LogP contribution in [0.3, 0.4) is 0 Å². The van der Waals surface area contributed by atoms with E-state index in [2.05, 4.69) is 0 Å². The predicted molar refractivity (Wildman–Crippen MR) is 165 cm³/mol. The molecule has 0 aliphatic carbocycles. The SMILES string of the molecule is Cc1cccc(C(=O)N(C)C)c1C.O=C(O)C(O)c1cccc(COc2ccccc2Cl)c1COc1ccccc1Cl. The van der Waals surface area contributed by atoms with E-state index >= 15 is 0 Å². The normalized spacial score (nSPS) is 11.1. The standard InChI is InChI=1S/C22H18Cl2O5.C11H15NO/c23-17-8-1-3-10-19(17)28-12-14-6-5-7-15(21(25)22(26)27)16(14)13-29-20-11-4-2-9-18(20)24;1-8-6-5-7-10(9(8)2)11(13)12(3)4/h1-11,21,25H,12-13H2,(H,26,27);5-7H,1-4H3. The van der Waals surface area contributed by atoms with E-state index in [9.17, 15) is 19.8 Å². The fraction of sp³-hybridized carbons (Fsp3) is 0.212. The lowest BCUT2D eigenvalue weighted by Gasteiger charge is -2.18. The molecule has 1 atom stereocenters.